The van der Waals surface area contributed by atoms with Crippen LogP contribution >= 0.6 is 23.4 Å². The summed E-state index contributed by atoms with van der Waals surface area (Å²) in [6.45, 7) is 4.01. The van der Waals surface area contributed by atoms with Crippen molar-refractivity contribution in [3.05, 3.63) is 64.7 Å². The maximum absolute atomic E-state index is 13.9. The molecule has 0 aliphatic heterocycles. The van der Waals surface area contributed by atoms with Crippen LogP contribution in [-0.2, 0) is 11.3 Å². The first kappa shape index (κ1) is 23.0. The molecule has 1 heterocycles. The lowest BCUT2D eigenvalue weighted by atomic mass is 10.3. The highest BCUT2D eigenvalue weighted by atomic mass is 35.5. The average Bonchev–Trinajstić information content (AvgIpc) is 3.14. The predicted molar refractivity (Wildman–Crippen MR) is 112 cm³/mol. The van der Waals surface area contributed by atoms with Crippen LogP contribution in [0.3, 0.4) is 0 Å². The van der Waals surface area contributed by atoms with E-state index in [1.807, 2.05) is 6.92 Å². The third-order valence-electron chi connectivity index (χ3n) is 4.16. The molecule has 31 heavy (non-hydrogen) atoms. The van der Waals surface area contributed by atoms with Gasteiger partial charge in [-0.15, -0.1) is 10.2 Å². The van der Waals surface area contributed by atoms with Crippen molar-refractivity contribution in [2.24, 2.45) is 0 Å². The number of anilines is 1. The summed E-state index contributed by atoms with van der Waals surface area (Å²) in [5.74, 6) is -2.08. The Balaban J connectivity index is 1.65. The molecule has 11 heteroatoms. The van der Waals surface area contributed by atoms with Crippen molar-refractivity contribution in [1.29, 1.82) is 0 Å². The highest BCUT2D eigenvalue weighted by molar-refractivity contribution is 7.99. The molecule has 0 saturated carbocycles. The number of hydrogen-bond acceptors (Lipinski definition) is 5. The zero-order chi connectivity index (χ0) is 22.5. The summed E-state index contributed by atoms with van der Waals surface area (Å²) in [7, 11) is 0. The van der Waals surface area contributed by atoms with E-state index >= 15 is 0 Å². The zero-order valence-corrected chi connectivity index (χ0v) is 18.1. The van der Waals surface area contributed by atoms with Gasteiger partial charge in [0.25, 0.3) is 0 Å². The Morgan fingerprint density at radius 3 is 2.65 bits per heavy atom. The number of nitrogens with zero attached hydrogens (tertiary/aromatic N) is 3. The van der Waals surface area contributed by atoms with Gasteiger partial charge in [-0.3, -0.25) is 4.79 Å². The van der Waals surface area contributed by atoms with Crippen LogP contribution in [0, 0.1) is 17.5 Å². The second-order valence-corrected chi connectivity index (χ2v) is 7.74. The lowest BCUT2D eigenvalue weighted by Crippen LogP contribution is -2.15. The molecule has 0 aliphatic rings. The highest BCUT2D eigenvalue weighted by Gasteiger charge is 2.20. The summed E-state index contributed by atoms with van der Waals surface area (Å²) in [4.78, 5) is 12.2. The molecule has 3 aromatic rings. The third-order valence-corrected chi connectivity index (χ3v) is 5.42. The van der Waals surface area contributed by atoms with Crippen molar-refractivity contribution in [2.45, 2.75) is 31.7 Å². The molecular weight excluding hydrogens is 453 g/mol. The fraction of sp³-hybridized carbons (Fsp3) is 0.250. The second kappa shape index (κ2) is 10.1. The van der Waals surface area contributed by atoms with Crippen LogP contribution in [0.4, 0.5) is 18.9 Å². The van der Waals surface area contributed by atoms with E-state index in [0.717, 1.165) is 30.0 Å². The first-order valence-electron chi connectivity index (χ1n) is 9.21. The minimum atomic E-state index is -0.818. The number of benzene rings is 2. The van der Waals surface area contributed by atoms with E-state index in [4.69, 9.17) is 16.3 Å². The number of nitrogens with one attached hydrogen (secondary N) is 1. The molecule has 0 spiro atoms. The molecule has 1 atom stereocenters. The Kier molecular flexibility index (Phi) is 7.45. The molecule has 0 bridgehead atoms. The van der Waals surface area contributed by atoms with E-state index in [2.05, 4.69) is 15.5 Å². The quantitative estimate of drug-likeness (QED) is 0.456. The SMILES string of the molecule is CCn1c(SCC(=O)Nc2ccc(F)c(Cl)c2)nnc1C(C)Oc1ccc(F)cc1F. The molecule has 0 saturated heterocycles. The zero-order valence-electron chi connectivity index (χ0n) is 16.5. The van der Waals surface area contributed by atoms with E-state index in [-0.39, 0.29) is 22.4 Å². The number of thioether (sulfide) groups is 1. The Hall–Kier alpha value is -2.72. The van der Waals surface area contributed by atoms with Crippen LogP contribution in [0.2, 0.25) is 5.02 Å². The van der Waals surface area contributed by atoms with Crippen molar-refractivity contribution in [3.8, 4) is 5.75 Å². The molecule has 1 aromatic heterocycles. The molecule has 0 fully saturated rings. The van der Waals surface area contributed by atoms with Crippen molar-refractivity contribution in [3.63, 3.8) is 0 Å². The first-order valence-corrected chi connectivity index (χ1v) is 10.6. The maximum Gasteiger partial charge on any atom is 0.234 e. The van der Waals surface area contributed by atoms with Gasteiger partial charge in [0.05, 0.1) is 10.8 Å². The summed E-state index contributed by atoms with van der Waals surface area (Å²) < 4.78 is 47.5. The first-order chi connectivity index (χ1) is 14.8. The number of amides is 1. The number of halogens is 4. The summed E-state index contributed by atoms with van der Waals surface area (Å²) in [5, 5.41) is 11.2. The molecule has 1 amide bonds. The summed E-state index contributed by atoms with van der Waals surface area (Å²) in [6, 6.07) is 6.93. The fourth-order valence-electron chi connectivity index (χ4n) is 2.72. The number of hydrogen-bond donors (Lipinski definition) is 1. The fourth-order valence-corrected chi connectivity index (χ4v) is 3.71. The molecule has 1 N–H and O–H groups in total. The maximum atomic E-state index is 13.9. The third kappa shape index (κ3) is 5.71. The van der Waals surface area contributed by atoms with Gasteiger partial charge in [-0.05, 0) is 44.2 Å². The number of carbonyl (C=O) groups is 1. The molecule has 6 nitrogen and oxygen atoms in total. The van der Waals surface area contributed by atoms with Gasteiger partial charge in [-0.2, -0.15) is 0 Å². The Labute approximate surface area is 185 Å². The molecule has 0 aliphatic carbocycles. The normalized spacial score (nSPS) is 11.9. The van der Waals surface area contributed by atoms with Crippen LogP contribution in [0.15, 0.2) is 41.6 Å². The largest absolute Gasteiger partial charge is 0.480 e. The number of aromatic nitrogens is 3. The van der Waals surface area contributed by atoms with Crippen molar-refractivity contribution >= 4 is 35.0 Å². The summed E-state index contributed by atoms with van der Waals surface area (Å²) in [6.07, 6.45) is -0.669. The van der Waals surface area contributed by atoms with E-state index in [1.165, 1.54) is 18.2 Å². The monoisotopic (exact) mass is 470 g/mol. The van der Waals surface area contributed by atoms with Crippen LogP contribution in [0.25, 0.3) is 0 Å². The van der Waals surface area contributed by atoms with Crippen LogP contribution in [-0.4, -0.2) is 26.4 Å². The van der Waals surface area contributed by atoms with E-state index in [0.29, 0.717) is 23.2 Å². The van der Waals surface area contributed by atoms with Gasteiger partial charge in [-0.25, -0.2) is 13.2 Å². The lowest BCUT2D eigenvalue weighted by Gasteiger charge is -2.16. The molecule has 0 radical (unpaired) electrons. The van der Waals surface area contributed by atoms with E-state index in [1.54, 1.807) is 11.5 Å². The Morgan fingerprint density at radius 2 is 1.97 bits per heavy atom. The predicted octanol–water partition coefficient (Wildman–Crippen LogP) is 5.24. The average molecular weight is 471 g/mol. The number of rotatable bonds is 8. The van der Waals surface area contributed by atoms with Crippen molar-refractivity contribution < 1.29 is 22.7 Å². The van der Waals surface area contributed by atoms with Crippen molar-refractivity contribution in [2.75, 3.05) is 11.1 Å². The van der Waals surface area contributed by atoms with Gasteiger partial charge in [0, 0.05) is 18.3 Å². The van der Waals surface area contributed by atoms with Gasteiger partial charge in [0.2, 0.25) is 5.91 Å². The van der Waals surface area contributed by atoms with Crippen molar-refractivity contribution in [1.82, 2.24) is 14.8 Å². The highest BCUT2D eigenvalue weighted by Crippen LogP contribution is 2.27. The number of ether oxygens (including phenoxy) is 1. The molecule has 3 rings (SSSR count). The molecule has 2 aromatic carbocycles. The Morgan fingerprint density at radius 1 is 1.19 bits per heavy atom. The number of carbonyl (C=O) groups excluding carboxylic acids is 1. The second-order valence-electron chi connectivity index (χ2n) is 6.39. The van der Waals surface area contributed by atoms with Crippen LogP contribution in [0.1, 0.15) is 25.8 Å². The van der Waals surface area contributed by atoms with E-state index < -0.39 is 23.6 Å². The molecule has 164 valence electrons. The molecular formula is C20H18ClF3N4O2S. The minimum Gasteiger partial charge on any atom is -0.480 e. The van der Waals surface area contributed by atoms with Gasteiger partial charge in [0.1, 0.15) is 11.6 Å². The van der Waals surface area contributed by atoms with Gasteiger partial charge in [-0.1, -0.05) is 23.4 Å². The van der Waals surface area contributed by atoms with Crippen LogP contribution < -0.4 is 10.1 Å². The van der Waals surface area contributed by atoms with Gasteiger partial charge in [0.15, 0.2) is 28.7 Å². The van der Waals surface area contributed by atoms with Crippen LogP contribution in [0.5, 0.6) is 5.75 Å². The topological polar surface area (TPSA) is 69.0 Å². The van der Waals surface area contributed by atoms with Gasteiger partial charge < -0.3 is 14.6 Å². The Bertz CT molecular complexity index is 1100. The standard InChI is InChI=1S/C20H18ClF3N4O2S/c1-3-28-19(11(2)30-17-7-4-12(22)8-16(17)24)26-27-20(28)31-10-18(29)25-13-5-6-15(23)14(21)9-13/h4-9,11H,3,10H2,1-2H3,(H,25,29). The summed E-state index contributed by atoms with van der Waals surface area (Å²) >= 11 is 6.86. The summed E-state index contributed by atoms with van der Waals surface area (Å²) in [5.41, 5.74) is 0.373. The van der Waals surface area contributed by atoms with Gasteiger partial charge >= 0.3 is 0 Å². The smallest absolute Gasteiger partial charge is 0.234 e. The lowest BCUT2D eigenvalue weighted by molar-refractivity contribution is -0.113. The minimum absolute atomic E-state index is 0.0228. The molecule has 1 unspecified atom stereocenters. The van der Waals surface area contributed by atoms with E-state index in [9.17, 15) is 18.0 Å².